The predicted octanol–water partition coefficient (Wildman–Crippen LogP) is 7.94. The SMILES string of the molecule is CCC(CC)c1ccc(N(Cc2ccc(-c3csc(CCNc4ccc(OCC(=O)O)c(C(=O)O)c4)n3)cc2)C(C)C)cc1. The maximum Gasteiger partial charge on any atom is 0.341 e. The van der Waals surface area contributed by atoms with Gasteiger partial charge in [0, 0.05) is 47.9 Å². The van der Waals surface area contributed by atoms with Gasteiger partial charge in [0.15, 0.2) is 6.61 Å². The highest BCUT2D eigenvalue weighted by Gasteiger charge is 2.15. The second-order valence-corrected chi connectivity index (χ2v) is 12.0. The van der Waals surface area contributed by atoms with Crippen molar-refractivity contribution in [1.29, 1.82) is 0 Å². The molecule has 0 saturated heterocycles. The lowest BCUT2D eigenvalue weighted by Gasteiger charge is -2.30. The molecule has 0 radical (unpaired) electrons. The summed E-state index contributed by atoms with van der Waals surface area (Å²) in [4.78, 5) is 29.6. The average molecular weight is 616 g/mol. The Morgan fingerprint density at radius 1 is 0.977 bits per heavy atom. The molecule has 1 heterocycles. The monoisotopic (exact) mass is 615 g/mol. The average Bonchev–Trinajstić information content (AvgIpc) is 3.49. The lowest BCUT2D eigenvalue weighted by molar-refractivity contribution is -0.139. The van der Waals surface area contributed by atoms with E-state index < -0.39 is 18.5 Å². The van der Waals surface area contributed by atoms with E-state index >= 15 is 0 Å². The van der Waals surface area contributed by atoms with Crippen molar-refractivity contribution >= 4 is 34.7 Å². The summed E-state index contributed by atoms with van der Waals surface area (Å²) in [6.45, 7) is 9.74. The van der Waals surface area contributed by atoms with Crippen LogP contribution in [0.1, 0.15) is 72.9 Å². The fourth-order valence-electron chi connectivity index (χ4n) is 5.19. The Kier molecular flexibility index (Phi) is 11.4. The number of aromatic carboxylic acids is 1. The van der Waals surface area contributed by atoms with Crippen molar-refractivity contribution in [2.75, 3.05) is 23.4 Å². The number of aromatic nitrogens is 1. The molecule has 4 aromatic rings. The molecule has 3 N–H and O–H groups in total. The molecule has 0 unspecified atom stereocenters. The van der Waals surface area contributed by atoms with E-state index in [1.807, 2.05) is 0 Å². The van der Waals surface area contributed by atoms with Crippen LogP contribution in [0.4, 0.5) is 11.4 Å². The number of hydrogen-bond donors (Lipinski definition) is 3. The molecule has 0 atom stereocenters. The van der Waals surface area contributed by atoms with E-state index in [0.717, 1.165) is 35.7 Å². The number of carboxylic acid groups (broad SMARTS) is 2. The van der Waals surface area contributed by atoms with Crippen molar-refractivity contribution in [3.63, 3.8) is 0 Å². The molecule has 3 aromatic carbocycles. The van der Waals surface area contributed by atoms with Crippen molar-refractivity contribution in [1.82, 2.24) is 4.98 Å². The van der Waals surface area contributed by atoms with Gasteiger partial charge in [0.2, 0.25) is 0 Å². The Balaban J connectivity index is 1.34. The molecule has 8 nitrogen and oxygen atoms in total. The van der Waals surface area contributed by atoms with E-state index in [4.69, 9.17) is 14.8 Å². The van der Waals surface area contributed by atoms with E-state index in [0.29, 0.717) is 30.6 Å². The first-order valence-corrected chi connectivity index (χ1v) is 15.9. The number of aliphatic carboxylic acids is 1. The third-order valence-corrected chi connectivity index (χ3v) is 8.60. The molecule has 0 aliphatic carbocycles. The smallest absolute Gasteiger partial charge is 0.341 e. The summed E-state index contributed by atoms with van der Waals surface area (Å²) < 4.78 is 5.09. The maximum atomic E-state index is 11.6. The number of carbonyl (C=O) groups is 2. The van der Waals surface area contributed by atoms with Crippen LogP contribution in [0, 0.1) is 0 Å². The molecule has 9 heteroatoms. The number of carboxylic acids is 2. The highest BCUT2D eigenvalue weighted by molar-refractivity contribution is 7.09. The van der Waals surface area contributed by atoms with Gasteiger partial charge in [0.1, 0.15) is 11.3 Å². The van der Waals surface area contributed by atoms with Gasteiger partial charge in [0.05, 0.1) is 10.7 Å². The van der Waals surface area contributed by atoms with Crippen LogP contribution in [0.15, 0.2) is 72.1 Å². The van der Waals surface area contributed by atoms with Crippen molar-refractivity contribution in [2.45, 2.75) is 65.5 Å². The van der Waals surface area contributed by atoms with Crippen LogP contribution in [-0.4, -0.2) is 46.3 Å². The molecule has 0 saturated carbocycles. The standard InChI is InChI=1S/C35H41N3O5S/c1-5-25(6-2)26-11-14-29(15-12-26)38(23(3)4)20-24-7-9-27(10-8-24)31-22-44-33(37-31)17-18-36-28-13-16-32(43-21-34(39)40)30(19-28)35(41)42/h7-16,19,22-23,25,36H,5-6,17-18,20-21H2,1-4H3,(H,39,40)(H,41,42). The number of nitrogens with zero attached hydrogens (tertiary/aromatic N) is 2. The van der Waals surface area contributed by atoms with Crippen LogP contribution in [0.25, 0.3) is 11.3 Å². The summed E-state index contributed by atoms with van der Waals surface area (Å²) in [5, 5.41) is 24.5. The molecular formula is C35H41N3O5S. The fraction of sp³-hybridized carbons (Fsp3) is 0.343. The van der Waals surface area contributed by atoms with Gasteiger partial charge < -0.3 is 25.2 Å². The van der Waals surface area contributed by atoms with E-state index in [-0.39, 0.29) is 11.3 Å². The second-order valence-electron chi connectivity index (χ2n) is 11.0. The van der Waals surface area contributed by atoms with Crippen molar-refractivity contribution in [3.05, 3.63) is 93.8 Å². The van der Waals surface area contributed by atoms with Gasteiger partial charge in [-0.2, -0.15) is 0 Å². The molecule has 0 fully saturated rings. The summed E-state index contributed by atoms with van der Waals surface area (Å²) in [5.74, 6) is -1.73. The van der Waals surface area contributed by atoms with Crippen LogP contribution in [0.2, 0.25) is 0 Å². The largest absolute Gasteiger partial charge is 0.481 e. The molecule has 0 amide bonds. The second kappa shape index (κ2) is 15.4. The molecule has 0 bridgehead atoms. The topological polar surface area (TPSA) is 112 Å². The molecule has 1 aromatic heterocycles. The van der Waals surface area contributed by atoms with Gasteiger partial charge in [-0.25, -0.2) is 14.6 Å². The summed E-state index contributed by atoms with van der Waals surface area (Å²) in [7, 11) is 0. The van der Waals surface area contributed by atoms with Gasteiger partial charge in [-0.05, 0) is 74.1 Å². The summed E-state index contributed by atoms with van der Waals surface area (Å²) >= 11 is 1.59. The number of hydrogen-bond acceptors (Lipinski definition) is 7. The summed E-state index contributed by atoms with van der Waals surface area (Å²) in [6.07, 6.45) is 2.99. The number of thiazole rings is 1. The van der Waals surface area contributed by atoms with Crippen LogP contribution in [-0.2, 0) is 17.8 Å². The van der Waals surface area contributed by atoms with E-state index in [2.05, 4.69) is 91.8 Å². The predicted molar refractivity (Wildman–Crippen MR) is 177 cm³/mol. The van der Waals surface area contributed by atoms with Gasteiger partial charge in [-0.3, -0.25) is 0 Å². The minimum atomic E-state index is -1.19. The molecule has 0 spiro atoms. The molecular weight excluding hydrogens is 574 g/mol. The zero-order valence-electron chi connectivity index (χ0n) is 25.7. The van der Waals surface area contributed by atoms with Gasteiger partial charge in [-0.1, -0.05) is 50.2 Å². The number of ether oxygens (including phenoxy) is 1. The first kappa shape index (κ1) is 32.5. The van der Waals surface area contributed by atoms with Crippen LogP contribution < -0.4 is 15.0 Å². The molecule has 44 heavy (non-hydrogen) atoms. The molecule has 232 valence electrons. The minimum absolute atomic E-state index is 0.0177. The van der Waals surface area contributed by atoms with Crippen molar-refractivity contribution in [3.8, 4) is 17.0 Å². The van der Waals surface area contributed by atoms with Crippen LogP contribution in [0.5, 0.6) is 5.75 Å². The minimum Gasteiger partial charge on any atom is -0.481 e. The number of rotatable bonds is 16. The molecule has 0 aliphatic heterocycles. The molecule has 4 rings (SSSR count). The first-order valence-electron chi connectivity index (χ1n) is 15.0. The van der Waals surface area contributed by atoms with Crippen molar-refractivity contribution < 1.29 is 24.5 Å². The zero-order chi connectivity index (χ0) is 31.6. The normalized spacial score (nSPS) is 11.1. The van der Waals surface area contributed by atoms with Gasteiger partial charge in [0.25, 0.3) is 0 Å². The van der Waals surface area contributed by atoms with Crippen molar-refractivity contribution in [2.24, 2.45) is 0 Å². The third kappa shape index (κ3) is 8.60. The lowest BCUT2D eigenvalue weighted by atomic mass is 9.94. The number of benzene rings is 3. The first-order chi connectivity index (χ1) is 21.2. The van der Waals surface area contributed by atoms with Gasteiger partial charge in [-0.15, -0.1) is 11.3 Å². The quantitative estimate of drug-likeness (QED) is 0.116. The lowest BCUT2D eigenvalue weighted by Crippen LogP contribution is -2.30. The van der Waals surface area contributed by atoms with Crippen LogP contribution >= 0.6 is 11.3 Å². The summed E-state index contributed by atoms with van der Waals surface area (Å²) in [5.41, 5.74) is 6.40. The van der Waals surface area contributed by atoms with Crippen LogP contribution in [0.3, 0.4) is 0 Å². The Bertz CT molecular complexity index is 1530. The highest BCUT2D eigenvalue weighted by Crippen LogP contribution is 2.28. The maximum absolute atomic E-state index is 11.6. The van der Waals surface area contributed by atoms with E-state index in [1.54, 1.807) is 17.4 Å². The number of anilines is 2. The highest BCUT2D eigenvalue weighted by atomic mass is 32.1. The van der Waals surface area contributed by atoms with E-state index in [1.165, 1.54) is 28.9 Å². The zero-order valence-corrected chi connectivity index (χ0v) is 26.6. The number of nitrogens with one attached hydrogen (secondary N) is 1. The van der Waals surface area contributed by atoms with E-state index in [9.17, 15) is 14.7 Å². The summed E-state index contributed by atoms with van der Waals surface area (Å²) in [6, 6.07) is 22.6. The van der Waals surface area contributed by atoms with Gasteiger partial charge >= 0.3 is 11.9 Å². The Labute approximate surface area is 263 Å². The Hall–Kier alpha value is -4.37. The third-order valence-electron chi connectivity index (χ3n) is 7.69. The Morgan fingerprint density at radius 3 is 2.30 bits per heavy atom. The fourth-order valence-corrected chi connectivity index (χ4v) is 6.00. The molecule has 0 aliphatic rings. The Morgan fingerprint density at radius 2 is 1.68 bits per heavy atom.